The number of rotatable bonds is 66. The minimum absolute atomic E-state index is 0.0912. The number of methoxy groups -OCH3 is 2. The van der Waals surface area contributed by atoms with E-state index >= 15 is 0 Å². The molecule has 3 N–H and O–H groups in total. The van der Waals surface area contributed by atoms with Gasteiger partial charge < -0.3 is 58.4 Å². The zero-order valence-corrected chi connectivity index (χ0v) is 62.3. The van der Waals surface area contributed by atoms with Crippen molar-refractivity contribution in [2.45, 2.75) is 352 Å². The van der Waals surface area contributed by atoms with E-state index in [2.05, 4.69) is 70.2 Å². The highest BCUT2D eigenvalue weighted by Crippen LogP contribution is 2.52. The lowest BCUT2D eigenvalue weighted by Crippen LogP contribution is -2.68. The average molecular weight is 1400 g/mol. The molecule has 97 heavy (non-hydrogen) atoms. The number of Topliss-reactive ketones (excluding diaryl/α,β-unsaturated/α-hetero) is 1. The zero-order valence-electron chi connectivity index (χ0n) is 61.4. The van der Waals surface area contributed by atoms with Crippen LogP contribution in [0.3, 0.4) is 0 Å². The van der Waals surface area contributed by atoms with E-state index in [4.69, 9.17) is 56.2 Å². The van der Waals surface area contributed by atoms with Crippen molar-refractivity contribution in [1.82, 2.24) is 10.6 Å². The Morgan fingerprint density at radius 2 is 0.979 bits per heavy atom. The molecule has 0 aliphatic carbocycles. The van der Waals surface area contributed by atoms with Crippen LogP contribution in [-0.4, -0.2) is 157 Å². The van der Waals surface area contributed by atoms with Crippen molar-refractivity contribution in [3.8, 4) is 0 Å². The first-order chi connectivity index (χ1) is 47.3. The maximum absolute atomic E-state index is 14.7. The Kier molecular flexibility index (Phi) is 55.7. The van der Waals surface area contributed by atoms with E-state index in [9.17, 15) is 28.8 Å². The molecule has 2 aliphatic rings. The number of aliphatic hydroxyl groups is 1. The van der Waals surface area contributed by atoms with Crippen molar-refractivity contribution in [2.24, 2.45) is 0 Å². The van der Waals surface area contributed by atoms with Crippen LogP contribution in [0.1, 0.15) is 285 Å². The lowest BCUT2D eigenvalue weighted by atomic mass is 9.95. The molecule has 2 heterocycles. The lowest BCUT2D eigenvalue weighted by Gasteiger charge is -2.47. The summed E-state index contributed by atoms with van der Waals surface area (Å²) >= 11 is 0. The van der Waals surface area contributed by atoms with E-state index in [-0.39, 0.29) is 70.3 Å². The summed E-state index contributed by atoms with van der Waals surface area (Å²) < 4.78 is 89.1. The third-order valence-corrected chi connectivity index (χ3v) is 19.3. The topological polar surface area (TPSA) is 240 Å². The van der Waals surface area contributed by atoms with E-state index < -0.39 is 94.2 Å². The van der Waals surface area contributed by atoms with E-state index in [1.807, 2.05) is 0 Å². The fraction of sp³-hybridized carbons (Fsp3) is 0.842. The summed E-state index contributed by atoms with van der Waals surface area (Å²) in [7, 11) is -1.36. The fourth-order valence-electron chi connectivity index (χ4n) is 12.3. The summed E-state index contributed by atoms with van der Waals surface area (Å²) in [6, 6.07) is -2.54. The summed E-state index contributed by atoms with van der Waals surface area (Å²) in [5.74, 6) is -1.24. The van der Waals surface area contributed by atoms with E-state index in [0.717, 1.165) is 141 Å². The minimum Gasteiger partial charge on any atom is -0.430 e. The molecular formula is C76H137N2O18P. The number of hydrogen-bond acceptors (Lipinski definition) is 18. The first kappa shape index (κ1) is 89.7. The number of allylic oxidation sites excluding steroid dienone is 2. The van der Waals surface area contributed by atoms with Crippen LogP contribution < -0.4 is 10.6 Å². The van der Waals surface area contributed by atoms with Crippen LogP contribution >= 0.6 is 7.82 Å². The highest BCUT2D eigenvalue weighted by Gasteiger charge is 2.54. The molecule has 2 amide bonds. The van der Waals surface area contributed by atoms with E-state index in [0.29, 0.717) is 25.7 Å². The molecule has 0 bridgehead atoms. The number of ether oxygens (including phenoxy) is 9. The van der Waals surface area contributed by atoms with Crippen molar-refractivity contribution in [3.05, 3.63) is 50.1 Å². The Hall–Kier alpha value is -3.37. The summed E-state index contributed by atoms with van der Waals surface area (Å²) in [4.78, 5) is 55.4. The number of amides is 2. The monoisotopic (exact) mass is 1400 g/mol. The number of phosphoric ester groups is 1. The van der Waals surface area contributed by atoms with Crippen LogP contribution in [0.25, 0.3) is 0 Å². The van der Waals surface area contributed by atoms with Gasteiger partial charge in [0, 0.05) is 40.3 Å². The highest BCUT2D eigenvalue weighted by atomic mass is 31.2. The van der Waals surface area contributed by atoms with Crippen molar-refractivity contribution in [2.75, 3.05) is 60.5 Å². The maximum atomic E-state index is 14.7. The van der Waals surface area contributed by atoms with Crippen LogP contribution in [0.5, 0.6) is 0 Å². The Morgan fingerprint density at radius 3 is 1.53 bits per heavy atom. The van der Waals surface area contributed by atoms with Gasteiger partial charge in [0.2, 0.25) is 11.8 Å². The standard InChI is InChI=1S/C76H137N2O18P/c1-10-17-21-25-28-31-32-33-34-35-36-38-40-44-48-52-66(80)77-69-73(88-58-53-63(86-9)51-47-42-24-20-13-4)71(96-97(84,91-55-15-6)92-56-16-7)64(60-85-8)94-75(69)90-61-65-70(95-76(83)89-54-14-5)72(87-57-49-45-41-30-27-23-19-12-3)68(74(82)93-65)78-67(81)59-62(79)50-46-43-39-37-29-26-22-18-11-2/h14-16,31-32,63-65,68-75,82H,5-7,10-13,17-30,33-61H2,1-4,8-9H3,(H,77,80)(H,78,81)/t63-,64-,65-,68-,69-,70-,71-,72-,73-,74?,75-/m1/s1. The van der Waals surface area contributed by atoms with Gasteiger partial charge in [-0.15, -0.1) is 13.2 Å². The number of carbonyl (C=O) groups excluding carboxylic acids is 4. The molecule has 564 valence electrons. The van der Waals surface area contributed by atoms with Gasteiger partial charge in [0.1, 0.15) is 55.0 Å². The van der Waals surface area contributed by atoms with Gasteiger partial charge in [-0.1, -0.05) is 244 Å². The molecular weight excluding hydrogens is 1260 g/mol. The lowest BCUT2D eigenvalue weighted by molar-refractivity contribution is -0.303. The smallest absolute Gasteiger partial charge is 0.430 e. The largest absolute Gasteiger partial charge is 0.509 e. The Morgan fingerprint density at radius 1 is 0.505 bits per heavy atom. The zero-order chi connectivity index (χ0) is 70.8. The SMILES string of the molecule is C=CCOC(=O)O[C@H]1[C@H](OCCCCCCCCCC)[C@@H](NC(=O)CC(=O)CCCCCCCCCCC)C(O)O[C@@H]1CO[C@@H]1O[C@H](COC)[C@@H](OP(=O)(OCC=C)OCC=C)[C@H](OCC[C@@H](CCCCCCC)OC)[C@H]1NC(=O)CCCCCCCCCC=CCCCCCC. The van der Waals surface area contributed by atoms with E-state index in [1.54, 1.807) is 7.11 Å². The van der Waals surface area contributed by atoms with Crippen LogP contribution in [0.4, 0.5) is 4.79 Å². The predicted octanol–water partition coefficient (Wildman–Crippen LogP) is 17.3. The Balaban J connectivity index is 2.65. The number of ketones is 1. The summed E-state index contributed by atoms with van der Waals surface area (Å²) in [6.45, 7) is 18.9. The minimum atomic E-state index is -4.48. The van der Waals surface area contributed by atoms with Gasteiger partial charge in [-0.25, -0.2) is 9.36 Å². The van der Waals surface area contributed by atoms with Crippen molar-refractivity contribution in [3.63, 3.8) is 0 Å². The summed E-state index contributed by atoms with van der Waals surface area (Å²) in [5.41, 5.74) is 0. The molecule has 2 rings (SSSR count). The molecule has 21 heteroatoms. The number of unbranched alkanes of at least 4 members (excludes halogenated alkanes) is 30. The first-order valence-electron chi connectivity index (χ1n) is 38.1. The van der Waals surface area contributed by atoms with Gasteiger partial charge in [0.05, 0.1) is 39.0 Å². The number of phosphoric acid groups is 1. The summed E-state index contributed by atoms with van der Waals surface area (Å²) in [5, 5.41) is 18.0. The number of aliphatic hydroxyl groups excluding tert-OH is 1. The number of hydrogen-bond donors (Lipinski definition) is 3. The molecule has 1 unspecified atom stereocenters. The second kappa shape index (κ2) is 60.2. The van der Waals surface area contributed by atoms with Crippen molar-refractivity contribution >= 4 is 31.6 Å². The summed E-state index contributed by atoms with van der Waals surface area (Å²) in [6.07, 6.45) is 35.3. The quantitative estimate of drug-likeness (QED) is 0.0169. The second-order valence-corrected chi connectivity index (χ2v) is 27.9. The third-order valence-electron chi connectivity index (χ3n) is 17.8. The van der Waals surface area contributed by atoms with Gasteiger partial charge in [-0.3, -0.25) is 28.0 Å². The van der Waals surface area contributed by atoms with Crippen LogP contribution in [-0.2, 0) is 75.2 Å². The van der Waals surface area contributed by atoms with Gasteiger partial charge in [0.15, 0.2) is 18.7 Å². The Labute approximate surface area is 587 Å². The predicted molar refractivity (Wildman–Crippen MR) is 384 cm³/mol. The Bertz CT molecular complexity index is 2070. The molecule has 0 aromatic heterocycles. The first-order valence-corrected chi connectivity index (χ1v) is 39.6. The molecule has 0 radical (unpaired) electrons. The molecule has 11 atom stereocenters. The molecule has 2 saturated heterocycles. The van der Waals surface area contributed by atoms with Crippen molar-refractivity contribution in [1.29, 1.82) is 0 Å². The molecule has 0 aromatic carbocycles. The van der Waals surface area contributed by atoms with Crippen LogP contribution in [0.2, 0.25) is 0 Å². The van der Waals surface area contributed by atoms with E-state index in [1.165, 1.54) is 96.0 Å². The van der Waals surface area contributed by atoms with Gasteiger partial charge >= 0.3 is 14.0 Å². The molecule has 0 spiro atoms. The molecule has 2 fully saturated rings. The molecule has 2 aliphatic heterocycles. The van der Waals surface area contributed by atoms with Crippen molar-refractivity contribution < 1.29 is 85.1 Å². The van der Waals surface area contributed by atoms with Gasteiger partial charge in [-0.05, 0) is 57.8 Å². The molecule has 20 nitrogen and oxygen atoms in total. The van der Waals surface area contributed by atoms with Gasteiger partial charge in [0.25, 0.3) is 0 Å². The van der Waals surface area contributed by atoms with Crippen LogP contribution in [0.15, 0.2) is 50.1 Å². The van der Waals surface area contributed by atoms with Crippen LogP contribution in [0, 0.1) is 0 Å². The normalized spacial score (nSPS) is 21.5. The third kappa shape index (κ3) is 42.6. The fourth-order valence-corrected chi connectivity index (χ4v) is 13.6. The number of carbonyl (C=O) groups is 4. The number of nitrogens with one attached hydrogen (secondary N) is 2. The van der Waals surface area contributed by atoms with Gasteiger partial charge in [-0.2, -0.15) is 0 Å². The molecule has 0 saturated carbocycles. The maximum Gasteiger partial charge on any atom is 0.509 e. The second-order valence-electron chi connectivity index (χ2n) is 26.3. The highest BCUT2D eigenvalue weighted by molar-refractivity contribution is 7.48. The molecule has 0 aromatic rings. The average Bonchev–Trinajstić information content (AvgIpc) is 0.787.